The van der Waals surface area contributed by atoms with Crippen molar-refractivity contribution in [2.45, 2.75) is 0 Å². The Morgan fingerprint density at radius 3 is 2.28 bits per heavy atom. The van der Waals surface area contributed by atoms with Crippen LogP contribution in [0, 0.1) is 0 Å². The highest BCUT2D eigenvalue weighted by Crippen LogP contribution is 2.17. The Balaban J connectivity index is 2.07. The van der Waals surface area contributed by atoms with Gasteiger partial charge in [-0.2, -0.15) is 0 Å². The van der Waals surface area contributed by atoms with Crippen LogP contribution in [0.5, 0.6) is 5.75 Å². The fraction of sp³-hybridized carbons (Fsp3) is 0.158. The molecule has 2 aromatic carbocycles. The summed E-state index contributed by atoms with van der Waals surface area (Å²) in [5, 5.41) is 3.25. The zero-order chi connectivity index (χ0) is 17.8. The van der Waals surface area contributed by atoms with E-state index in [9.17, 15) is 4.79 Å². The van der Waals surface area contributed by atoms with Gasteiger partial charge in [-0.25, -0.2) is 9.79 Å². The summed E-state index contributed by atoms with van der Waals surface area (Å²) in [6.45, 7) is 0. The van der Waals surface area contributed by atoms with Gasteiger partial charge in [0.2, 0.25) is 0 Å². The lowest BCUT2D eigenvalue weighted by Gasteiger charge is -2.13. The van der Waals surface area contributed by atoms with Crippen LogP contribution in [0.2, 0.25) is 0 Å². The lowest BCUT2D eigenvalue weighted by atomic mass is 10.3. The van der Waals surface area contributed by atoms with E-state index in [1.165, 1.54) is 4.57 Å². The minimum atomic E-state index is -0.159. The summed E-state index contributed by atoms with van der Waals surface area (Å²) in [5.74, 6) is 1.43. The highest BCUT2D eigenvalue weighted by atomic mass is 16.5. The van der Waals surface area contributed by atoms with Crippen LogP contribution in [-0.2, 0) is 14.1 Å². The predicted molar refractivity (Wildman–Crippen MR) is 98.6 cm³/mol. The smallest absolute Gasteiger partial charge is 0.330 e. The van der Waals surface area contributed by atoms with Crippen molar-refractivity contribution in [3.8, 4) is 5.75 Å². The van der Waals surface area contributed by atoms with Gasteiger partial charge in [-0.05, 0) is 36.4 Å². The van der Waals surface area contributed by atoms with Crippen LogP contribution in [-0.4, -0.2) is 16.2 Å². The number of hydrogen-bond acceptors (Lipinski definition) is 4. The van der Waals surface area contributed by atoms with Gasteiger partial charge in [0.05, 0.1) is 12.8 Å². The van der Waals surface area contributed by atoms with Crippen LogP contribution >= 0.6 is 0 Å². The molecule has 1 heterocycles. The van der Waals surface area contributed by atoms with Crippen molar-refractivity contribution in [2.75, 3.05) is 12.4 Å². The second-order valence-corrected chi connectivity index (χ2v) is 5.59. The Morgan fingerprint density at radius 2 is 1.64 bits per heavy atom. The highest BCUT2D eigenvalue weighted by Gasteiger charge is 2.05. The van der Waals surface area contributed by atoms with Gasteiger partial charge in [-0.1, -0.05) is 18.2 Å². The SMILES string of the molecule is COc1ccc(N=c2cc(Nc3ccccc3)n(C)c(=O)n2C)cc1. The molecule has 1 aromatic heterocycles. The van der Waals surface area contributed by atoms with E-state index < -0.39 is 0 Å². The Labute approximate surface area is 145 Å². The molecule has 0 aliphatic heterocycles. The van der Waals surface area contributed by atoms with Crippen molar-refractivity contribution in [1.29, 1.82) is 0 Å². The van der Waals surface area contributed by atoms with Gasteiger partial charge in [0.15, 0.2) is 0 Å². The van der Waals surface area contributed by atoms with Crippen LogP contribution in [0.25, 0.3) is 0 Å². The van der Waals surface area contributed by atoms with Gasteiger partial charge >= 0.3 is 5.69 Å². The van der Waals surface area contributed by atoms with Crippen molar-refractivity contribution in [2.24, 2.45) is 19.1 Å². The van der Waals surface area contributed by atoms with E-state index in [0.29, 0.717) is 11.3 Å². The number of anilines is 2. The van der Waals surface area contributed by atoms with E-state index in [-0.39, 0.29) is 5.69 Å². The van der Waals surface area contributed by atoms with E-state index in [2.05, 4.69) is 10.3 Å². The van der Waals surface area contributed by atoms with E-state index in [1.807, 2.05) is 60.7 Å². The molecule has 0 atom stereocenters. The molecular formula is C19H20N4O2. The van der Waals surface area contributed by atoms with Crippen molar-refractivity contribution in [3.05, 3.63) is 76.6 Å². The van der Waals surface area contributed by atoms with Gasteiger partial charge in [-0.3, -0.25) is 9.13 Å². The number of hydrogen-bond donors (Lipinski definition) is 1. The molecule has 6 nitrogen and oxygen atoms in total. The van der Waals surface area contributed by atoms with E-state index >= 15 is 0 Å². The number of nitrogens with zero attached hydrogens (tertiary/aromatic N) is 3. The Hall–Kier alpha value is -3.28. The molecule has 6 heteroatoms. The normalized spacial score (nSPS) is 11.4. The van der Waals surface area contributed by atoms with E-state index in [4.69, 9.17) is 4.74 Å². The van der Waals surface area contributed by atoms with E-state index in [0.717, 1.165) is 17.1 Å². The van der Waals surface area contributed by atoms with Gasteiger partial charge in [0.25, 0.3) is 0 Å². The first kappa shape index (κ1) is 16.6. The third-order valence-electron chi connectivity index (χ3n) is 3.91. The molecule has 25 heavy (non-hydrogen) atoms. The van der Waals surface area contributed by atoms with E-state index in [1.54, 1.807) is 25.8 Å². The molecule has 0 saturated heterocycles. The molecule has 0 unspecified atom stereocenters. The Bertz CT molecular complexity index is 987. The molecular weight excluding hydrogens is 316 g/mol. The van der Waals surface area contributed by atoms with Gasteiger partial charge in [0.1, 0.15) is 17.1 Å². The quantitative estimate of drug-likeness (QED) is 0.797. The number of aromatic nitrogens is 2. The molecule has 0 aliphatic rings. The Kier molecular flexibility index (Phi) is 4.70. The molecule has 128 valence electrons. The van der Waals surface area contributed by atoms with Gasteiger partial charge in [-0.15, -0.1) is 0 Å². The zero-order valence-electron chi connectivity index (χ0n) is 14.4. The number of methoxy groups -OCH3 is 1. The standard InChI is InChI=1S/C19H20N4O2/c1-22-17(20-14-7-5-4-6-8-14)13-18(23(2)19(22)24)21-15-9-11-16(25-3)12-10-15/h4-13,20H,1-3H3. The summed E-state index contributed by atoms with van der Waals surface area (Å²) in [5.41, 5.74) is 2.05. The summed E-state index contributed by atoms with van der Waals surface area (Å²) in [7, 11) is 5.05. The fourth-order valence-electron chi connectivity index (χ4n) is 2.43. The second kappa shape index (κ2) is 7.09. The molecule has 3 rings (SSSR count). The number of ether oxygens (including phenoxy) is 1. The maximum absolute atomic E-state index is 12.5. The second-order valence-electron chi connectivity index (χ2n) is 5.59. The molecule has 0 bridgehead atoms. The molecule has 3 aromatic rings. The highest BCUT2D eigenvalue weighted by molar-refractivity contribution is 5.55. The van der Waals surface area contributed by atoms with Crippen molar-refractivity contribution in [1.82, 2.24) is 9.13 Å². The predicted octanol–water partition coefficient (Wildman–Crippen LogP) is 2.71. The maximum atomic E-state index is 12.5. The molecule has 0 spiro atoms. The molecule has 0 saturated carbocycles. The zero-order valence-corrected chi connectivity index (χ0v) is 14.4. The minimum absolute atomic E-state index is 0.159. The summed E-state index contributed by atoms with van der Waals surface area (Å²) in [6.07, 6.45) is 0. The van der Waals surface area contributed by atoms with Crippen LogP contribution in [0.1, 0.15) is 0 Å². The number of para-hydroxylation sites is 1. The topological polar surface area (TPSA) is 60.5 Å². The van der Waals surface area contributed by atoms with Crippen molar-refractivity contribution >= 4 is 17.2 Å². The Morgan fingerprint density at radius 1 is 0.960 bits per heavy atom. The third-order valence-corrected chi connectivity index (χ3v) is 3.91. The third kappa shape index (κ3) is 3.63. The molecule has 0 fully saturated rings. The monoisotopic (exact) mass is 336 g/mol. The fourth-order valence-corrected chi connectivity index (χ4v) is 2.43. The van der Waals surface area contributed by atoms with Crippen molar-refractivity contribution < 1.29 is 4.74 Å². The van der Waals surface area contributed by atoms with Gasteiger partial charge < -0.3 is 10.1 Å². The first-order valence-electron chi connectivity index (χ1n) is 7.86. The summed E-state index contributed by atoms with van der Waals surface area (Å²) >= 11 is 0. The van der Waals surface area contributed by atoms with Crippen LogP contribution < -0.4 is 21.2 Å². The summed E-state index contributed by atoms with van der Waals surface area (Å²) < 4.78 is 8.22. The average Bonchev–Trinajstić information content (AvgIpc) is 2.65. The largest absolute Gasteiger partial charge is 0.497 e. The summed E-state index contributed by atoms with van der Waals surface area (Å²) in [6, 6.07) is 18.9. The lowest BCUT2D eigenvalue weighted by Crippen LogP contribution is -2.37. The average molecular weight is 336 g/mol. The first-order chi connectivity index (χ1) is 12.1. The summed E-state index contributed by atoms with van der Waals surface area (Å²) in [4.78, 5) is 17.1. The number of rotatable bonds is 4. The van der Waals surface area contributed by atoms with Gasteiger partial charge in [0, 0.05) is 25.8 Å². The number of benzene rings is 2. The first-order valence-corrected chi connectivity index (χ1v) is 7.86. The van der Waals surface area contributed by atoms with Crippen LogP contribution in [0.15, 0.2) is 70.5 Å². The maximum Gasteiger partial charge on any atom is 0.330 e. The molecule has 0 amide bonds. The van der Waals surface area contributed by atoms with Crippen LogP contribution in [0.3, 0.4) is 0 Å². The van der Waals surface area contributed by atoms with Crippen LogP contribution in [0.4, 0.5) is 17.2 Å². The molecule has 0 radical (unpaired) electrons. The lowest BCUT2D eigenvalue weighted by molar-refractivity contribution is 0.415. The number of nitrogens with one attached hydrogen (secondary N) is 1. The molecule has 0 aliphatic carbocycles. The van der Waals surface area contributed by atoms with Crippen molar-refractivity contribution in [3.63, 3.8) is 0 Å². The molecule has 1 N–H and O–H groups in total. The minimum Gasteiger partial charge on any atom is -0.497 e.